The zero-order valence-corrected chi connectivity index (χ0v) is 18.9. The third kappa shape index (κ3) is 7.23. The average Bonchev–Trinajstić information content (AvgIpc) is 2.75. The molecule has 2 rings (SSSR count). The predicted octanol–water partition coefficient (Wildman–Crippen LogP) is 2.75. The van der Waals surface area contributed by atoms with E-state index in [0.29, 0.717) is 29.4 Å². The van der Waals surface area contributed by atoms with Gasteiger partial charge in [-0.2, -0.15) is 0 Å². The zero-order chi connectivity index (χ0) is 23.0. The number of aryl methyl sites for hydroxylation is 1. The number of hydrazine groups is 1. The first-order valence-corrected chi connectivity index (χ1v) is 10.7. The highest BCUT2D eigenvalue weighted by Gasteiger charge is 2.20. The molecule has 0 saturated heterocycles. The highest BCUT2D eigenvalue weighted by atomic mass is 19.1. The van der Waals surface area contributed by atoms with Crippen LogP contribution in [0.1, 0.15) is 56.8 Å². The Labute approximate surface area is 183 Å². The number of carbonyl (C=O) groups is 1. The van der Waals surface area contributed by atoms with Crippen molar-refractivity contribution in [2.24, 2.45) is 11.6 Å². The fourth-order valence-electron chi connectivity index (χ4n) is 3.32. The molecule has 9 nitrogen and oxygen atoms in total. The number of hydrogen-bond donors (Lipinski definition) is 2. The van der Waals surface area contributed by atoms with Crippen LogP contribution in [0.5, 0.6) is 5.88 Å². The highest BCUT2D eigenvalue weighted by Crippen LogP contribution is 2.24. The van der Waals surface area contributed by atoms with Crippen LogP contribution >= 0.6 is 0 Å². The number of nitrogens with two attached hydrogens (primary N) is 2. The first-order valence-electron chi connectivity index (χ1n) is 10.7. The van der Waals surface area contributed by atoms with Gasteiger partial charge in [-0.15, -0.1) is 0 Å². The number of amides is 1. The second-order valence-corrected chi connectivity index (χ2v) is 7.94. The van der Waals surface area contributed by atoms with Crippen LogP contribution in [0.25, 0.3) is 5.70 Å². The van der Waals surface area contributed by atoms with Gasteiger partial charge in [-0.05, 0) is 39.0 Å². The van der Waals surface area contributed by atoms with E-state index in [0.717, 1.165) is 25.7 Å². The summed E-state index contributed by atoms with van der Waals surface area (Å²) in [7, 11) is 3.05. The number of alkyl halides is 1. The Morgan fingerprint density at radius 1 is 1.32 bits per heavy atom. The number of nitrogens with zero attached hydrogens (tertiary/aromatic N) is 4. The van der Waals surface area contributed by atoms with Gasteiger partial charge >= 0.3 is 6.09 Å². The summed E-state index contributed by atoms with van der Waals surface area (Å²) in [4.78, 5) is 22.2. The Kier molecular flexibility index (Phi) is 9.29. The standard InChI is InChI=1S/C21H35FN6O3/c1-5-15(22)12-27(3)21(29)30-13-18(28(4)24)19(23)17-11-25-20(14(2)26-17)31-16-9-7-6-8-10-16/h11,15-16H,5-10,12-13,23-24H2,1-4H3/b19-18-. The van der Waals surface area contributed by atoms with Crippen LogP contribution in [0.2, 0.25) is 0 Å². The molecule has 10 heteroatoms. The molecule has 4 N–H and O–H groups in total. The highest BCUT2D eigenvalue weighted by molar-refractivity contribution is 5.68. The van der Waals surface area contributed by atoms with Crippen molar-refractivity contribution in [2.45, 2.75) is 64.6 Å². The van der Waals surface area contributed by atoms with Crippen molar-refractivity contribution in [2.75, 3.05) is 27.2 Å². The largest absolute Gasteiger partial charge is 0.473 e. The Morgan fingerprint density at radius 2 is 2.00 bits per heavy atom. The number of carbonyl (C=O) groups excluding carboxylic acids is 1. The van der Waals surface area contributed by atoms with E-state index >= 15 is 0 Å². The fourth-order valence-corrected chi connectivity index (χ4v) is 3.32. The number of ether oxygens (including phenoxy) is 2. The van der Waals surface area contributed by atoms with E-state index in [1.165, 1.54) is 29.6 Å². The van der Waals surface area contributed by atoms with Gasteiger partial charge in [0.2, 0.25) is 5.88 Å². The molecule has 0 aromatic carbocycles. The number of rotatable bonds is 9. The lowest BCUT2D eigenvalue weighted by atomic mass is 9.98. The molecular formula is C21H35FN6O3. The van der Waals surface area contributed by atoms with Crippen LogP contribution in [0, 0.1) is 6.92 Å². The minimum absolute atomic E-state index is 0.0462. The van der Waals surface area contributed by atoms with Crippen LogP contribution in [0.15, 0.2) is 11.9 Å². The van der Waals surface area contributed by atoms with Gasteiger partial charge in [0.1, 0.15) is 30.3 Å². The summed E-state index contributed by atoms with van der Waals surface area (Å²) in [5.74, 6) is 6.38. The van der Waals surface area contributed by atoms with Crippen LogP contribution < -0.4 is 16.3 Å². The maximum absolute atomic E-state index is 13.5. The maximum atomic E-state index is 13.5. The lowest BCUT2D eigenvalue weighted by molar-refractivity contribution is 0.103. The smallest absolute Gasteiger partial charge is 0.409 e. The molecule has 0 aliphatic heterocycles. The number of aromatic nitrogens is 2. The molecule has 1 aliphatic carbocycles. The van der Waals surface area contributed by atoms with Gasteiger partial charge in [-0.1, -0.05) is 13.3 Å². The Bertz CT molecular complexity index is 767. The Morgan fingerprint density at radius 3 is 2.58 bits per heavy atom. The summed E-state index contributed by atoms with van der Waals surface area (Å²) in [6.45, 7) is 3.29. The van der Waals surface area contributed by atoms with E-state index in [1.54, 1.807) is 14.0 Å². The van der Waals surface area contributed by atoms with Crippen molar-refractivity contribution in [3.63, 3.8) is 0 Å². The van der Waals surface area contributed by atoms with E-state index in [9.17, 15) is 9.18 Å². The third-order valence-electron chi connectivity index (χ3n) is 5.30. The Balaban J connectivity index is 2.09. The first-order chi connectivity index (χ1) is 14.7. The normalized spacial score (nSPS) is 16.3. The molecule has 0 radical (unpaired) electrons. The quantitative estimate of drug-likeness (QED) is 0.446. The van der Waals surface area contributed by atoms with E-state index in [2.05, 4.69) is 9.97 Å². The van der Waals surface area contributed by atoms with Gasteiger partial charge in [0.25, 0.3) is 0 Å². The van der Waals surface area contributed by atoms with Crippen LogP contribution in [-0.2, 0) is 4.74 Å². The molecule has 1 heterocycles. The molecule has 1 saturated carbocycles. The van der Waals surface area contributed by atoms with E-state index in [1.807, 2.05) is 6.92 Å². The second kappa shape index (κ2) is 11.7. The summed E-state index contributed by atoms with van der Waals surface area (Å²) in [5, 5.41) is 1.26. The van der Waals surface area contributed by atoms with Gasteiger partial charge in [0.05, 0.1) is 24.1 Å². The molecule has 0 bridgehead atoms. The van der Waals surface area contributed by atoms with Gasteiger partial charge in [-0.3, -0.25) is 0 Å². The summed E-state index contributed by atoms with van der Waals surface area (Å²) < 4.78 is 24.8. The van der Waals surface area contributed by atoms with Gasteiger partial charge in [0.15, 0.2) is 0 Å². The molecule has 1 amide bonds. The molecule has 31 heavy (non-hydrogen) atoms. The minimum atomic E-state index is -1.11. The molecule has 1 aromatic heterocycles. The van der Waals surface area contributed by atoms with Crippen molar-refractivity contribution in [1.29, 1.82) is 0 Å². The average molecular weight is 439 g/mol. The van der Waals surface area contributed by atoms with E-state index in [-0.39, 0.29) is 25.0 Å². The SMILES string of the molecule is CCC(F)CN(C)C(=O)OC/C(=C(/N)c1cnc(OC2CCCCC2)c(C)n1)N(C)N. The first kappa shape index (κ1) is 24.6. The van der Waals surface area contributed by atoms with Crippen LogP contribution in [0.4, 0.5) is 9.18 Å². The molecule has 174 valence electrons. The number of hydrogen-bond acceptors (Lipinski definition) is 8. The topological polar surface area (TPSA) is 120 Å². The number of halogens is 1. The van der Waals surface area contributed by atoms with Gasteiger partial charge in [-0.25, -0.2) is 25.0 Å². The van der Waals surface area contributed by atoms with Crippen LogP contribution in [-0.4, -0.2) is 65.5 Å². The molecular weight excluding hydrogens is 403 g/mol. The van der Waals surface area contributed by atoms with E-state index in [4.69, 9.17) is 21.1 Å². The third-order valence-corrected chi connectivity index (χ3v) is 5.30. The maximum Gasteiger partial charge on any atom is 0.409 e. The van der Waals surface area contributed by atoms with Crippen LogP contribution in [0.3, 0.4) is 0 Å². The Hall–Kier alpha value is -2.62. The lowest BCUT2D eigenvalue weighted by Crippen LogP contribution is -2.36. The molecule has 1 aromatic rings. The summed E-state index contributed by atoms with van der Waals surface area (Å²) in [6, 6.07) is 0. The molecule has 0 spiro atoms. The summed E-state index contributed by atoms with van der Waals surface area (Å²) in [5.41, 5.74) is 7.87. The summed E-state index contributed by atoms with van der Waals surface area (Å²) >= 11 is 0. The van der Waals surface area contributed by atoms with Gasteiger partial charge in [0, 0.05) is 14.1 Å². The fraction of sp³-hybridized carbons (Fsp3) is 0.667. The van der Waals surface area contributed by atoms with Gasteiger partial charge < -0.3 is 25.1 Å². The predicted molar refractivity (Wildman–Crippen MR) is 116 cm³/mol. The zero-order valence-electron chi connectivity index (χ0n) is 18.9. The molecule has 1 atom stereocenters. The van der Waals surface area contributed by atoms with Crippen molar-refractivity contribution >= 4 is 11.8 Å². The molecule has 1 fully saturated rings. The van der Waals surface area contributed by atoms with E-state index < -0.39 is 12.3 Å². The monoisotopic (exact) mass is 438 g/mol. The second-order valence-electron chi connectivity index (χ2n) is 7.94. The van der Waals surface area contributed by atoms with Crippen molar-refractivity contribution in [3.05, 3.63) is 23.3 Å². The van der Waals surface area contributed by atoms with Crippen molar-refractivity contribution in [3.8, 4) is 5.88 Å². The van der Waals surface area contributed by atoms with Crippen molar-refractivity contribution < 1.29 is 18.7 Å². The lowest BCUT2D eigenvalue weighted by Gasteiger charge is -2.23. The summed E-state index contributed by atoms with van der Waals surface area (Å²) in [6.07, 6.45) is 5.84. The number of likely N-dealkylation sites (N-methyl/N-ethyl adjacent to an activating group) is 1. The molecule has 1 aliphatic rings. The van der Waals surface area contributed by atoms with Crippen molar-refractivity contribution in [1.82, 2.24) is 19.9 Å². The molecule has 1 unspecified atom stereocenters. The minimum Gasteiger partial charge on any atom is -0.473 e.